The van der Waals surface area contributed by atoms with Crippen molar-refractivity contribution in [2.45, 2.75) is 38.0 Å². The fraction of sp³-hybridized carbons (Fsp3) is 0.471. The molecule has 0 unspecified atom stereocenters. The van der Waals surface area contributed by atoms with Gasteiger partial charge in [-0.05, 0) is 31.4 Å². The van der Waals surface area contributed by atoms with E-state index in [1.54, 1.807) is 30.1 Å². The average Bonchev–Trinajstić information content (AvgIpc) is 3.19. The largest absolute Gasteiger partial charge is 0.416 e. The van der Waals surface area contributed by atoms with Crippen LogP contribution in [0.5, 0.6) is 0 Å². The second-order valence-corrected chi connectivity index (χ2v) is 6.40. The lowest BCUT2D eigenvalue weighted by atomic mass is 10.1. The number of carbonyl (C=O) groups excluding carboxylic acids is 1. The molecule has 3 rings (SSSR count). The van der Waals surface area contributed by atoms with Crippen LogP contribution in [-0.2, 0) is 18.3 Å². The number of hydrogen-bond acceptors (Lipinski definition) is 3. The number of benzene rings is 1. The summed E-state index contributed by atoms with van der Waals surface area (Å²) in [6.07, 6.45) is 0.627. The van der Waals surface area contributed by atoms with Gasteiger partial charge in [-0.2, -0.15) is 13.2 Å². The van der Waals surface area contributed by atoms with Gasteiger partial charge >= 0.3 is 12.2 Å². The van der Waals surface area contributed by atoms with Crippen LogP contribution in [0.1, 0.15) is 30.9 Å². The van der Waals surface area contributed by atoms with E-state index in [9.17, 15) is 18.0 Å². The Kier molecular flexibility index (Phi) is 4.88. The van der Waals surface area contributed by atoms with Gasteiger partial charge in [-0.1, -0.05) is 23.4 Å². The van der Waals surface area contributed by atoms with Crippen LogP contribution in [0.3, 0.4) is 0 Å². The van der Waals surface area contributed by atoms with E-state index in [4.69, 9.17) is 0 Å². The van der Waals surface area contributed by atoms with Gasteiger partial charge in [-0.25, -0.2) is 9.48 Å². The van der Waals surface area contributed by atoms with Crippen molar-refractivity contribution in [2.24, 2.45) is 0 Å². The molecule has 1 aromatic carbocycles. The number of nitrogens with one attached hydrogen (secondary N) is 1. The molecule has 0 bridgehead atoms. The average molecular weight is 367 g/mol. The smallest absolute Gasteiger partial charge is 0.336 e. The number of halogens is 3. The van der Waals surface area contributed by atoms with Gasteiger partial charge in [-0.15, -0.1) is 5.10 Å². The summed E-state index contributed by atoms with van der Waals surface area (Å²) in [6, 6.07) is 4.93. The van der Waals surface area contributed by atoms with Gasteiger partial charge in [0.25, 0.3) is 0 Å². The Hall–Kier alpha value is -2.58. The van der Waals surface area contributed by atoms with E-state index in [1.165, 1.54) is 17.0 Å². The summed E-state index contributed by atoms with van der Waals surface area (Å²) in [6.45, 7) is 2.30. The van der Waals surface area contributed by atoms with E-state index >= 15 is 0 Å². The number of nitrogens with zero attached hydrogens (tertiary/aromatic N) is 4. The first-order valence-electron chi connectivity index (χ1n) is 8.40. The maximum absolute atomic E-state index is 13.1. The van der Waals surface area contributed by atoms with E-state index in [2.05, 4.69) is 15.6 Å². The van der Waals surface area contributed by atoms with E-state index in [1.807, 2.05) is 0 Å². The SMILES string of the molecule is CCN(Cc1ccccc1C(F)(F)F)C(=O)NCC1(n2ccnn2)CC1. The first-order chi connectivity index (χ1) is 12.4. The van der Waals surface area contributed by atoms with Gasteiger partial charge in [0, 0.05) is 25.8 Å². The highest BCUT2D eigenvalue weighted by atomic mass is 19.4. The molecule has 0 saturated heterocycles. The lowest BCUT2D eigenvalue weighted by molar-refractivity contribution is -0.138. The van der Waals surface area contributed by atoms with Crippen LogP contribution in [0.4, 0.5) is 18.0 Å². The van der Waals surface area contributed by atoms with Crippen LogP contribution in [0.2, 0.25) is 0 Å². The maximum Gasteiger partial charge on any atom is 0.416 e. The third kappa shape index (κ3) is 3.81. The molecule has 1 aliphatic rings. The van der Waals surface area contributed by atoms with Gasteiger partial charge in [0.05, 0.1) is 17.3 Å². The molecule has 1 saturated carbocycles. The summed E-state index contributed by atoms with van der Waals surface area (Å²) in [4.78, 5) is 13.8. The minimum Gasteiger partial charge on any atom is -0.336 e. The molecule has 26 heavy (non-hydrogen) atoms. The second-order valence-electron chi connectivity index (χ2n) is 6.40. The summed E-state index contributed by atoms with van der Waals surface area (Å²) in [7, 11) is 0. The normalized spacial score (nSPS) is 15.5. The van der Waals surface area contributed by atoms with E-state index < -0.39 is 17.8 Å². The Bertz CT molecular complexity index is 756. The summed E-state index contributed by atoms with van der Waals surface area (Å²) in [5.41, 5.74) is -0.905. The number of urea groups is 1. The molecule has 140 valence electrons. The number of rotatable bonds is 6. The zero-order valence-electron chi connectivity index (χ0n) is 14.3. The molecule has 0 radical (unpaired) electrons. The molecular formula is C17H20F3N5O. The summed E-state index contributed by atoms with van der Waals surface area (Å²) >= 11 is 0. The Balaban J connectivity index is 1.65. The number of hydrogen-bond donors (Lipinski definition) is 1. The zero-order chi connectivity index (χ0) is 18.8. The maximum atomic E-state index is 13.1. The van der Waals surface area contributed by atoms with E-state index in [0.29, 0.717) is 13.1 Å². The number of amides is 2. The van der Waals surface area contributed by atoms with Crippen LogP contribution in [0.25, 0.3) is 0 Å². The lowest BCUT2D eigenvalue weighted by Gasteiger charge is -2.25. The highest BCUT2D eigenvalue weighted by Crippen LogP contribution is 2.42. The van der Waals surface area contributed by atoms with Crippen LogP contribution in [0, 0.1) is 0 Å². The van der Waals surface area contributed by atoms with Crippen LogP contribution in [0.15, 0.2) is 36.7 Å². The molecule has 0 spiro atoms. The molecular weight excluding hydrogens is 347 g/mol. The Morgan fingerprint density at radius 2 is 2.08 bits per heavy atom. The van der Waals surface area contributed by atoms with Crippen molar-refractivity contribution >= 4 is 6.03 Å². The van der Waals surface area contributed by atoms with Crippen molar-refractivity contribution in [3.63, 3.8) is 0 Å². The van der Waals surface area contributed by atoms with Crippen LogP contribution >= 0.6 is 0 Å². The van der Waals surface area contributed by atoms with Crippen LogP contribution in [-0.4, -0.2) is 39.0 Å². The molecule has 1 aliphatic carbocycles. The van der Waals surface area contributed by atoms with Gasteiger partial charge in [0.2, 0.25) is 0 Å². The molecule has 1 heterocycles. The quantitative estimate of drug-likeness (QED) is 0.854. The van der Waals surface area contributed by atoms with Crippen molar-refractivity contribution in [2.75, 3.05) is 13.1 Å². The fourth-order valence-electron chi connectivity index (χ4n) is 2.91. The first-order valence-corrected chi connectivity index (χ1v) is 8.40. The first kappa shape index (κ1) is 18.2. The highest BCUT2D eigenvalue weighted by Gasteiger charge is 2.46. The molecule has 1 fully saturated rings. The van der Waals surface area contributed by atoms with Gasteiger partial charge in [-0.3, -0.25) is 0 Å². The molecule has 2 amide bonds. The predicted molar refractivity (Wildman–Crippen MR) is 88.2 cm³/mol. The topological polar surface area (TPSA) is 63.1 Å². The number of carbonyl (C=O) groups is 1. The van der Waals surface area contributed by atoms with Crippen molar-refractivity contribution in [1.29, 1.82) is 0 Å². The Morgan fingerprint density at radius 1 is 1.35 bits per heavy atom. The van der Waals surface area contributed by atoms with Crippen molar-refractivity contribution in [1.82, 2.24) is 25.2 Å². The summed E-state index contributed by atoms with van der Waals surface area (Å²) in [5.74, 6) is 0. The fourth-order valence-corrected chi connectivity index (χ4v) is 2.91. The third-order valence-corrected chi connectivity index (χ3v) is 4.66. The molecule has 9 heteroatoms. The van der Waals surface area contributed by atoms with Gasteiger partial charge in [0.1, 0.15) is 0 Å². The Labute approximate surface area is 149 Å². The molecule has 0 aliphatic heterocycles. The molecule has 0 atom stereocenters. The zero-order valence-corrected chi connectivity index (χ0v) is 14.3. The molecule has 2 aromatic rings. The monoisotopic (exact) mass is 367 g/mol. The van der Waals surface area contributed by atoms with Gasteiger partial charge in [0.15, 0.2) is 0 Å². The van der Waals surface area contributed by atoms with Crippen molar-refractivity contribution in [3.05, 3.63) is 47.8 Å². The van der Waals surface area contributed by atoms with Crippen LogP contribution < -0.4 is 5.32 Å². The number of aromatic nitrogens is 3. The van der Waals surface area contributed by atoms with E-state index in [-0.39, 0.29) is 17.6 Å². The standard InChI is InChI=1S/C17H20F3N5O/c1-2-24(11-13-5-3-4-6-14(13)17(18,19)20)15(26)21-12-16(7-8-16)25-10-9-22-23-25/h3-6,9-10H,2,7-8,11-12H2,1H3,(H,21,26). The van der Waals surface area contributed by atoms with Gasteiger partial charge < -0.3 is 10.2 Å². The molecule has 6 nitrogen and oxygen atoms in total. The molecule has 1 N–H and O–H groups in total. The number of alkyl halides is 3. The second kappa shape index (κ2) is 6.97. The van der Waals surface area contributed by atoms with E-state index in [0.717, 1.165) is 18.9 Å². The predicted octanol–water partition coefficient (Wildman–Crippen LogP) is 3.02. The third-order valence-electron chi connectivity index (χ3n) is 4.66. The highest BCUT2D eigenvalue weighted by molar-refractivity contribution is 5.74. The minimum absolute atomic E-state index is 0.0782. The minimum atomic E-state index is -4.45. The molecule has 1 aromatic heterocycles. The van der Waals surface area contributed by atoms with Crippen molar-refractivity contribution in [3.8, 4) is 0 Å². The summed E-state index contributed by atoms with van der Waals surface area (Å²) < 4.78 is 41.1. The van der Waals surface area contributed by atoms with Crippen molar-refractivity contribution < 1.29 is 18.0 Å². The summed E-state index contributed by atoms with van der Waals surface area (Å²) in [5, 5.41) is 10.6. The lowest BCUT2D eigenvalue weighted by Crippen LogP contribution is -2.44. The Morgan fingerprint density at radius 3 is 2.65 bits per heavy atom.